The summed E-state index contributed by atoms with van der Waals surface area (Å²) in [5.41, 5.74) is 1.30. The van der Waals surface area contributed by atoms with Crippen molar-refractivity contribution in [1.29, 1.82) is 0 Å². The Balaban J connectivity index is 1.74. The van der Waals surface area contributed by atoms with Gasteiger partial charge in [0.05, 0.1) is 5.56 Å². The molecule has 0 aromatic heterocycles. The van der Waals surface area contributed by atoms with E-state index in [1.165, 1.54) is 0 Å². The molecule has 0 bridgehead atoms. The van der Waals surface area contributed by atoms with E-state index >= 15 is 0 Å². The molecule has 1 heterocycles. The molecule has 3 N–H and O–H groups in total. The number of carbonyl (C=O) groups excluding carboxylic acids is 1. The van der Waals surface area contributed by atoms with Crippen LogP contribution in [0.1, 0.15) is 22.8 Å². The van der Waals surface area contributed by atoms with Gasteiger partial charge in [-0.3, -0.25) is 4.79 Å². The van der Waals surface area contributed by atoms with Crippen LogP contribution >= 0.6 is 0 Å². The number of hydrogen-bond acceptors (Lipinski definition) is 3. The second-order valence-corrected chi connectivity index (χ2v) is 5.25. The molecule has 2 rings (SSSR count). The van der Waals surface area contributed by atoms with E-state index in [0.717, 1.165) is 18.7 Å². The van der Waals surface area contributed by atoms with Gasteiger partial charge in [0.1, 0.15) is 0 Å². The molecule has 5 nitrogen and oxygen atoms in total. The first-order valence-corrected chi connectivity index (χ1v) is 6.88. The SMILES string of the molecule is CC(C(=O)NCCc1ccc(C(=O)O)cc1)C1CNC1. The van der Waals surface area contributed by atoms with Crippen LogP contribution in [0.3, 0.4) is 0 Å². The van der Waals surface area contributed by atoms with E-state index in [1.54, 1.807) is 24.3 Å². The van der Waals surface area contributed by atoms with E-state index in [-0.39, 0.29) is 17.4 Å². The van der Waals surface area contributed by atoms with Gasteiger partial charge in [0.2, 0.25) is 5.91 Å². The number of carboxylic acids is 1. The van der Waals surface area contributed by atoms with Crippen LogP contribution in [0.5, 0.6) is 0 Å². The molecule has 0 saturated carbocycles. The van der Waals surface area contributed by atoms with Crippen molar-refractivity contribution in [1.82, 2.24) is 10.6 Å². The Bertz CT molecular complexity index is 480. The lowest BCUT2D eigenvalue weighted by Gasteiger charge is -2.31. The first-order chi connectivity index (χ1) is 9.58. The van der Waals surface area contributed by atoms with Gasteiger partial charge in [0, 0.05) is 12.5 Å². The summed E-state index contributed by atoms with van der Waals surface area (Å²) >= 11 is 0. The zero-order chi connectivity index (χ0) is 14.5. The number of rotatable bonds is 6. The van der Waals surface area contributed by atoms with Gasteiger partial charge in [0.25, 0.3) is 0 Å². The van der Waals surface area contributed by atoms with E-state index in [4.69, 9.17) is 5.11 Å². The van der Waals surface area contributed by atoms with Crippen LogP contribution in [-0.2, 0) is 11.2 Å². The predicted molar refractivity (Wildman–Crippen MR) is 75.6 cm³/mol. The van der Waals surface area contributed by atoms with Crippen molar-refractivity contribution in [3.05, 3.63) is 35.4 Å². The molecule has 0 aliphatic carbocycles. The lowest BCUT2D eigenvalue weighted by atomic mass is 9.88. The standard InChI is InChI=1S/C15H20N2O3/c1-10(13-8-16-9-13)14(18)17-7-6-11-2-4-12(5-3-11)15(19)20/h2-5,10,13,16H,6-9H2,1H3,(H,17,18)(H,19,20). The molecular weight excluding hydrogens is 256 g/mol. The van der Waals surface area contributed by atoms with Crippen LogP contribution in [0.25, 0.3) is 0 Å². The number of carbonyl (C=O) groups is 2. The maximum Gasteiger partial charge on any atom is 0.335 e. The molecule has 20 heavy (non-hydrogen) atoms. The molecule has 1 amide bonds. The third-order valence-electron chi connectivity index (χ3n) is 3.85. The van der Waals surface area contributed by atoms with Gasteiger partial charge in [-0.1, -0.05) is 19.1 Å². The lowest BCUT2D eigenvalue weighted by molar-refractivity contribution is -0.126. The van der Waals surface area contributed by atoms with Crippen LogP contribution in [0.2, 0.25) is 0 Å². The summed E-state index contributed by atoms with van der Waals surface area (Å²) in [7, 11) is 0. The zero-order valence-corrected chi connectivity index (χ0v) is 11.6. The van der Waals surface area contributed by atoms with E-state index in [9.17, 15) is 9.59 Å². The maximum absolute atomic E-state index is 11.9. The highest BCUT2D eigenvalue weighted by atomic mass is 16.4. The molecule has 1 fully saturated rings. The van der Waals surface area contributed by atoms with Crippen LogP contribution in [0.15, 0.2) is 24.3 Å². The van der Waals surface area contributed by atoms with Gasteiger partial charge in [-0.05, 0) is 43.1 Å². The van der Waals surface area contributed by atoms with E-state index in [2.05, 4.69) is 10.6 Å². The Morgan fingerprint density at radius 1 is 1.35 bits per heavy atom. The van der Waals surface area contributed by atoms with Gasteiger partial charge < -0.3 is 15.7 Å². The smallest absolute Gasteiger partial charge is 0.335 e. The molecule has 1 saturated heterocycles. The Hall–Kier alpha value is -1.88. The molecule has 5 heteroatoms. The normalized spacial score (nSPS) is 16.2. The van der Waals surface area contributed by atoms with Crippen LogP contribution < -0.4 is 10.6 Å². The summed E-state index contributed by atoms with van der Waals surface area (Å²) < 4.78 is 0. The molecule has 0 spiro atoms. The Morgan fingerprint density at radius 3 is 2.50 bits per heavy atom. The van der Waals surface area contributed by atoms with Crippen molar-refractivity contribution in [2.24, 2.45) is 11.8 Å². The zero-order valence-electron chi connectivity index (χ0n) is 11.6. The van der Waals surface area contributed by atoms with Crippen molar-refractivity contribution in [2.45, 2.75) is 13.3 Å². The van der Waals surface area contributed by atoms with E-state index in [0.29, 0.717) is 18.9 Å². The van der Waals surface area contributed by atoms with Crippen molar-refractivity contribution in [3.8, 4) is 0 Å². The summed E-state index contributed by atoms with van der Waals surface area (Å²) in [5.74, 6) is -0.332. The first-order valence-electron chi connectivity index (χ1n) is 6.88. The lowest BCUT2D eigenvalue weighted by Crippen LogP contribution is -2.49. The number of benzene rings is 1. The van der Waals surface area contributed by atoms with Crippen molar-refractivity contribution >= 4 is 11.9 Å². The summed E-state index contributed by atoms with van der Waals surface area (Å²) in [4.78, 5) is 22.6. The highest BCUT2D eigenvalue weighted by molar-refractivity contribution is 5.87. The third-order valence-corrected chi connectivity index (χ3v) is 3.85. The Labute approximate surface area is 118 Å². The Morgan fingerprint density at radius 2 is 2.00 bits per heavy atom. The van der Waals surface area contributed by atoms with Crippen LogP contribution in [0, 0.1) is 11.8 Å². The highest BCUT2D eigenvalue weighted by Gasteiger charge is 2.28. The number of amides is 1. The van der Waals surface area contributed by atoms with Crippen molar-refractivity contribution in [3.63, 3.8) is 0 Å². The van der Waals surface area contributed by atoms with E-state index in [1.807, 2.05) is 6.92 Å². The number of carboxylic acid groups (broad SMARTS) is 1. The molecule has 1 aromatic carbocycles. The minimum absolute atomic E-state index is 0.0469. The topological polar surface area (TPSA) is 78.4 Å². The first kappa shape index (κ1) is 14.5. The van der Waals surface area contributed by atoms with Gasteiger partial charge in [0.15, 0.2) is 0 Å². The molecule has 0 radical (unpaired) electrons. The number of aromatic carboxylic acids is 1. The average molecular weight is 276 g/mol. The Kier molecular flexibility index (Phi) is 4.74. The third kappa shape index (κ3) is 3.57. The monoisotopic (exact) mass is 276 g/mol. The summed E-state index contributed by atoms with van der Waals surface area (Å²) in [5, 5.41) is 14.9. The molecule has 1 atom stereocenters. The fraction of sp³-hybridized carbons (Fsp3) is 0.467. The molecule has 1 unspecified atom stereocenters. The van der Waals surface area contributed by atoms with Crippen molar-refractivity contribution < 1.29 is 14.7 Å². The fourth-order valence-corrected chi connectivity index (χ4v) is 2.18. The van der Waals surface area contributed by atoms with E-state index < -0.39 is 5.97 Å². The molecule has 1 aromatic rings. The largest absolute Gasteiger partial charge is 0.478 e. The van der Waals surface area contributed by atoms with Gasteiger partial charge >= 0.3 is 5.97 Å². The molecule has 1 aliphatic heterocycles. The fourth-order valence-electron chi connectivity index (χ4n) is 2.18. The van der Waals surface area contributed by atoms with Crippen LogP contribution in [-0.4, -0.2) is 36.6 Å². The summed E-state index contributed by atoms with van der Waals surface area (Å²) in [6, 6.07) is 6.74. The van der Waals surface area contributed by atoms with Gasteiger partial charge in [-0.2, -0.15) is 0 Å². The molecule has 1 aliphatic rings. The molecule has 108 valence electrons. The summed E-state index contributed by atoms with van der Waals surface area (Å²) in [6.45, 7) is 4.38. The predicted octanol–water partition coefficient (Wildman–Crippen LogP) is 0.899. The van der Waals surface area contributed by atoms with Gasteiger partial charge in [-0.25, -0.2) is 4.79 Å². The van der Waals surface area contributed by atoms with Gasteiger partial charge in [-0.15, -0.1) is 0 Å². The average Bonchev–Trinajstić information content (AvgIpc) is 2.37. The summed E-state index contributed by atoms with van der Waals surface area (Å²) in [6.07, 6.45) is 0.710. The minimum Gasteiger partial charge on any atom is -0.478 e. The maximum atomic E-state index is 11.9. The van der Waals surface area contributed by atoms with Crippen LogP contribution in [0.4, 0.5) is 0 Å². The molecular formula is C15H20N2O3. The number of nitrogens with one attached hydrogen (secondary N) is 2. The second-order valence-electron chi connectivity index (χ2n) is 5.25. The quantitative estimate of drug-likeness (QED) is 0.721. The highest BCUT2D eigenvalue weighted by Crippen LogP contribution is 2.15. The minimum atomic E-state index is -0.923. The second kappa shape index (κ2) is 6.52. The number of hydrogen-bond donors (Lipinski definition) is 3. The van der Waals surface area contributed by atoms with Crippen molar-refractivity contribution in [2.75, 3.05) is 19.6 Å².